The van der Waals surface area contributed by atoms with Crippen LogP contribution in [0.15, 0.2) is 0 Å². The molecule has 0 bridgehead atoms. The summed E-state index contributed by atoms with van der Waals surface area (Å²) in [6.07, 6.45) is -0.538. The smallest absolute Gasteiger partial charge is 0.354 e. The van der Waals surface area contributed by atoms with Gasteiger partial charge in [0.05, 0.1) is 11.3 Å². The normalized spacial score (nSPS) is 29.9. The lowest BCUT2D eigenvalue weighted by molar-refractivity contribution is -0.198. The minimum absolute atomic E-state index is 0.0640. The van der Waals surface area contributed by atoms with Gasteiger partial charge in [0, 0.05) is 12.5 Å². The van der Waals surface area contributed by atoms with E-state index in [1.807, 2.05) is 0 Å². The topological polar surface area (TPSA) is 29.1 Å². The molecule has 3 atom stereocenters. The van der Waals surface area contributed by atoms with Gasteiger partial charge in [0.1, 0.15) is 0 Å². The molecule has 0 aromatic carbocycles. The van der Waals surface area contributed by atoms with Crippen molar-refractivity contribution in [3.63, 3.8) is 0 Å². The second-order valence-corrected chi connectivity index (χ2v) is 6.20. The minimum atomic E-state index is -4.28. The Labute approximate surface area is 116 Å². The van der Waals surface area contributed by atoms with Crippen LogP contribution in [0.4, 0.5) is 13.2 Å². The lowest BCUT2D eigenvalue weighted by Crippen LogP contribution is -2.44. The summed E-state index contributed by atoms with van der Waals surface area (Å²) < 4.78 is 38.6. The Bertz CT molecular complexity index is 330. The molecule has 0 aliphatic heterocycles. The fourth-order valence-electron chi connectivity index (χ4n) is 2.79. The number of alkyl halides is 4. The van der Waals surface area contributed by atoms with Crippen molar-refractivity contribution in [2.45, 2.75) is 50.1 Å². The van der Waals surface area contributed by atoms with Gasteiger partial charge in [-0.3, -0.25) is 4.79 Å². The summed E-state index contributed by atoms with van der Waals surface area (Å²) in [6.45, 7) is 0.284. The standard InChI is InChI=1S/C13H19ClF3NO/c14-11(8-5-6-8)7-18-12(19)9-3-1-2-4-10(9)13(15,16)17/h8-11H,1-7H2,(H,18,19). The van der Waals surface area contributed by atoms with Gasteiger partial charge in [-0.25, -0.2) is 0 Å². The molecule has 0 aromatic heterocycles. The van der Waals surface area contributed by atoms with E-state index < -0.39 is 23.9 Å². The third-order valence-electron chi connectivity index (χ3n) is 4.13. The van der Waals surface area contributed by atoms with Gasteiger partial charge >= 0.3 is 6.18 Å². The third kappa shape index (κ3) is 4.01. The second-order valence-electron chi connectivity index (χ2n) is 5.64. The molecule has 0 saturated heterocycles. The van der Waals surface area contributed by atoms with Gasteiger partial charge < -0.3 is 5.32 Å². The SMILES string of the molecule is O=C(NCC(Cl)C1CC1)C1CCCCC1C(F)(F)F. The number of rotatable bonds is 4. The Kier molecular flexibility index (Phi) is 4.64. The van der Waals surface area contributed by atoms with E-state index in [2.05, 4.69) is 5.32 Å². The molecule has 2 nitrogen and oxygen atoms in total. The van der Waals surface area contributed by atoms with Crippen LogP contribution in [-0.2, 0) is 4.79 Å². The first-order valence-corrected chi connectivity index (χ1v) is 7.31. The van der Waals surface area contributed by atoms with Crippen LogP contribution in [0.1, 0.15) is 38.5 Å². The molecule has 2 rings (SSSR count). The van der Waals surface area contributed by atoms with Crippen LogP contribution in [0.5, 0.6) is 0 Å². The Morgan fingerprint density at radius 1 is 1.21 bits per heavy atom. The molecular weight excluding hydrogens is 279 g/mol. The molecule has 6 heteroatoms. The van der Waals surface area contributed by atoms with Gasteiger partial charge in [-0.2, -0.15) is 13.2 Å². The van der Waals surface area contributed by atoms with Crippen molar-refractivity contribution in [2.75, 3.05) is 6.54 Å². The summed E-state index contributed by atoms with van der Waals surface area (Å²) in [5.41, 5.74) is 0. The van der Waals surface area contributed by atoms with E-state index in [0.29, 0.717) is 25.2 Å². The lowest BCUT2D eigenvalue weighted by atomic mass is 9.78. The van der Waals surface area contributed by atoms with Crippen molar-refractivity contribution in [2.24, 2.45) is 17.8 Å². The number of hydrogen-bond donors (Lipinski definition) is 1. The zero-order valence-electron chi connectivity index (χ0n) is 10.7. The van der Waals surface area contributed by atoms with Crippen molar-refractivity contribution >= 4 is 17.5 Å². The Hall–Kier alpha value is -0.450. The number of hydrogen-bond acceptors (Lipinski definition) is 1. The Morgan fingerprint density at radius 3 is 2.42 bits per heavy atom. The molecule has 2 aliphatic rings. The predicted molar refractivity (Wildman–Crippen MR) is 66.9 cm³/mol. The molecular formula is C13H19ClF3NO. The molecule has 0 heterocycles. The summed E-state index contributed by atoms with van der Waals surface area (Å²) in [5, 5.41) is 2.46. The summed E-state index contributed by atoms with van der Waals surface area (Å²) in [6, 6.07) is 0. The first kappa shape index (κ1) is 14.9. The second kappa shape index (κ2) is 5.90. The molecule has 3 unspecified atom stereocenters. The van der Waals surface area contributed by atoms with Crippen LogP contribution in [0, 0.1) is 17.8 Å². The highest BCUT2D eigenvalue weighted by atomic mass is 35.5. The monoisotopic (exact) mass is 297 g/mol. The maximum atomic E-state index is 12.9. The third-order valence-corrected chi connectivity index (χ3v) is 4.64. The largest absolute Gasteiger partial charge is 0.392 e. The zero-order chi connectivity index (χ0) is 14.0. The maximum Gasteiger partial charge on any atom is 0.392 e. The van der Waals surface area contributed by atoms with E-state index in [1.54, 1.807) is 0 Å². The van der Waals surface area contributed by atoms with Crippen LogP contribution in [0.2, 0.25) is 0 Å². The van der Waals surface area contributed by atoms with Gasteiger partial charge in [-0.1, -0.05) is 12.8 Å². The fourth-order valence-corrected chi connectivity index (χ4v) is 3.12. The number of halogens is 4. The highest BCUT2D eigenvalue weighted by molar-refractivity contribution is 6.21. The molecule has 2 saturated carbocycles. The Balaban J connectivity index is 1.87. The van der Waals surface area contributed by atoms with E-state index in [-0.39, 0.29) is 18.3 Å². The molecule has 0 radical (unpaired) electrons. The van der Waals surface area contributed by atoms with Crippen molar-refractivity contribution < 1.29 is 18.0 Å². The number of nitrogens with one attached hydrogen (secondary N) is 1. The summed E-state index contributed by atoms with van der Waals surface area (Å²) >= 11 is 6.05. The molecule has 2 fully saturated rings. The Morgan fingerprint density at radius 2 is 1.84 bits per heavy atom. The molecule has 2 aliphatic carbocycles. The fraction of sp³-hybridized carbons (Fsp3) is 0.923. The van der Waals surface area contributed by atoms with E-state index in [9.17, 15) is 18.0 Å². The minimum Gasteiger partial charge on any atom is -0.354 e. The number of carbonyl (C=O) groups excluding carboxylic acids is 1. The van der Waals surface area contributed by atoms with Crippen molar-refractivity contribution in [3.05, 3.63) is 0 Å². The van der Waals surface area contributed by atoms with Crippen molar-refractivity contribution in [1.29, 1.82) is 0 Å². The highest BCUT2D eigenvalue weighted by Gasteiger charge is 2.48. The average Bonchev–Trinajstić information content (AvgIpc) is 3.18. The van der Waals surface area contributed by atoms with Gasteiger partial charge in [0.2, 0.25) is 5.91 Å². The molecule has 1 N–H and O–H groups in total. The quantitative estimate of drug-likeness (QED) is 0.791. The first-order chi connectivity index (χ1) is 8.89. The molecule has 0 spiro atoms. The average molecular weight is 298 g/mol. The van der Waals surface area contributed by atoms with Gasteiger partial charge in [-0.15, -0.1) is 11.6 Å². The van der Waals surface area contributed by atoms with Crippen LogP contribution < -0.4 is 5.32 Å². The molecule has 19 heavy (non-hydrogen) atoms. The van der Waals surface area contributed by atoms with Gasteiger partial charge in [-0.05, 0) is 31.6 Å². The molecule has 110 valence electrons. The van der Waals surface area contributed by atoms with Crippen molar-refractivity contribution in [1.82, 2.24) is 5.32 Å². The van der Waals surface area contributed by atoms with E-state index in [4.69, 9.17) is 11.6 Å². The number of carbonyl (C=O) groups is 1. The van der Waals surface area contributed by atoms with E-state index in [1.165, 1.54) is 0 Å². The van der Waals surface area contributed by atoms with Crippen LogP contribution in [0.25, 0.3) is 0 Å². The van der Waals surface area contributed by atoms with E-state index >= 15 is 0 Å². The summed E-state index contributed by atoms with van der Waals surface area (Å²) in [7, 11) is 0. The van der Waals surface area contributed by atoms with Gasteiger partial charge in [0.15, 0.2) is 0 Å². The predicted octanol–water partition coefficient (Wildman–Crippen LogP) is 3.49. The van der Waals surface area contributed by atoms with Crippen LogP contribution in [0.3, 0.4) is 0 Å². The highest BCUT2D eigenvalue weighted by Crippen LogP contribution is 2.41. The van der Waals surface area contributed by atoms with Crippen LogP contribution >= 0.6 is 11.6 Å². The summed E-state index contributed by atoms with van der Waals surface area (Å²) in [4.78, 5) is 11.9. The van der Waals surface area contributed by atoms with Gasteiger partial charge in [0.25, 0.3) is 0 Å². The first-order valence-electron chi connectivity index (χ1n) is 6.88. The zero-order valence-corrected chi connectivity index (χ0v) is 11.4. The maximum absolute atomic E-state index is 12.9. The molecule has 1 amide bonds. The van der Waals surface area contributed by atoms with E-state index in [0.717, 1.165) is 12.8 Å². The summed E-state index contributed by atoms with van der Waals surface area (Å²) in [5.74, 6) is -2.48. The van der Waals surface area contributed by atoms with Crippen LogP contribution in [-0.4, -0.2) is 24.0 Å². The molecule has 0 aromatic rings. The van der Waals surface area contributed by atoms with Crippen molar-refractivity contribution in [3.8, 4) is 0 Å². The number of amides is 1. The lowest BCUT2D eigenvalue weighted by Gasteiger charge is -2.32.